The van der Waals surface area contributed by atoms with Gasteiger partial charge < -0.3 is 10.1 Å². The molecule has 0 radical (unpaired) electrons. The second kappa shape index (κ2) is 3.32. The maximum absolute atomic E-state index is 11.6. The van der Waals surface area contributed by atoms with Gasteiger partial charge in [-0.3, -0.25) is 9.69 Å². The molecule has 78 valence electrons. The third-order valence-electron chi connectivity index (χ3n) is 2.83. The van der Waals surface area contributed by atoms with Gasteiger partial charge in [0.1, 0.15) is 6.23 Å². The summed E-state index contributed by atoms with van der Waals surface area (Å²) in [5, 5.41) is 2.89. The first-order valence-corrected chi connectivity index (χ1v) is 5.09. The van der Waals surface area contributed by atoms with Crippen molar-refractivity contribution in [1.29, 1.82) is 0 Å². The number of anilines is 1. The normalized spacial score (nSPS) is 25.3. The number of carbonyl (C=O) groups excluding carboxylic acids is 1. The molecule has 1 saturated heterocycles. The third-order valence-corrected chi connectivity index (χ3v) is 2.83. The van der Waals surface area contributed by atoms with E-state index in [1.165, 1.54) is 0 Å². The first kappa shape index (κ1) is 8.88. The van der Waals surface area contributed by atoms with Crippen LogP contribution in [0.2, 0.25) is 0 Å². The molecule has 4 heteroatoms. The van der Waals surface area contributed by atoms with Gasteiger partial charge in [0.05, 0.1) is 13.2 Å². The molecule has 1 unspecified atom stereocenters. The summed E-state index contributed by atoms with van der Waals surface area (Å²) in [6, 6.07) is 7.81. The van der Waals surface area contributed by atoms with E-state index in [1.54, 1.807) is 0 Å². The lowest BCUT2D eigenvalue weighted by Crippen LogP contribution is -2.29. The van der Waals surface area contributed by atoms with Gasteiger partial charge in [-0.25, -0.2) is 0 Å². The molecule has 1 aromatic carbocycles. The molecule has 0 aliphatic carbocycles. The minimum atomic E-state index is -0.0554. The summed E-state index contributed by atoms with van der Waals surface area (Å²) < 4.78 is 5.65. The van der Waals surface area contributed by atoms with Crippen molar-refractivity contribution in [3.05, 3.63) is 29.8 Å². The van der Waals surface area contributed by atoms with Crippen LogP contribution < -0.4 is 5.32 Å². The van der Waals surface area contributed by atoms with Crippen LogP contribution in [0.5, 0.6) is 0 Å². The molecule has 1 atom stereocenters. The Bertz CT molecular complexity index is 405. The van der Waals surface area contributed by atoms with Gasteiger partial charge in [-0.1, -0.05) is 18.2 Å². The van der Waals surface area contributed by atoms with Crippen LogP contribution in [0.4, 0.5) is 5.69 Å². The Hall–Kier alpha value is -1.39. The Morgan fingerprint density at radius 3 is 3.20 bits per heavy atom. The molecule has 0 saturated carbocycles. The lowest BCUT2D eigenvalue weighted by molar-refractivity contribution is -0.118. The van der Waals surface area contributed by atoms with Gasteiger partial charge in [-0.2, -0.15) is 0 Å². The van der Waals surface area contributed by atoms with Gasteiger partial charge in [-0.05, 0) is 6.07 Å². The number of para-hydroxylation sites is 1. The zero-order valence-electron chi connectivity index (χ0n) is 8.27. The molecule has 3 rings (SSSR count). The minimum Gasteiger partial charge on any atom is -0.357 e. The van der Waals surface area contributed by atoms with Crippen LogP contribution in [0.25, 0.3) is 0 Å². The summed E-state index contributed by atoms with van der Waals surface area (Å²) in [5.41, 5.74) is 1.93. The van der Waals surface area contributed by atoms with E-state index in [0.717, 1.165) is 17.8 Å². The van der Waals surface area contributed by atoms with Crippen LogP contribution in [-0.2, 0) is 9.53 Å². The van der Waals surface area contributed by atoms with Crippen LogP contribution in [0.15, 0.2) is 24.3 Å². The van der Waals surface area contributed by atoms with Crippen LogP contribution in [-0.4, -0.2) is 30.5 Å². The van der Waals surface area contributed by atoms with Crippen molar-refractivity contribution >= 4 is 11.6 Å². The smallest absolute Gasteiger partial charge is 0.238 e. The predicted octanol–water partition coefficient (Wildman–Crippen LogP) is 0.969. The van der Waals surface area contributed by atoms with E-state index in [2.05, 4.69) is 10.2 Å². The molecule has 1 fully saturated rings. The van der Waals surface area contributed by atoms with Crippen molar-refractivity contribution in [2.45, 2.75) is 6.23 Å². The van der Waals surface area contributed by atoms with E-state index in [9.17, 15) is 4.79 Å². The van der Waals surface area contributed by atoms with Crippen LogP contribution >= 0.6 is 0 Å². The maximum atomic E-state index is 11.6. The fourth-order valence-electron chi connectivity index (χ4n) is 2.15. The number of amides is 1. The number of hydrogen-bond acceptors (Lipinski definition) is 3. The number of benzene rings is 1. The maximum Gasteiger partial charge on any atom is 0.238 e. The first-order valence-electron chi connectivity index (χ1n) is 5.09. The largest absolute Gasteiger partial charge is 0.357 e. The number of ether oxygens (including phenoxy) is 1. The Labute approximate surface area is 87.8 Å². The molecule has 2 aliphatic heterocycles. The molecule has 0 bridgehead atoms. The van der Waals surface area contributed by atoms with E-state index in [0.29, 0.717) is 13.2 Å². The zero-order valence-corrected chi connectivity index (χ0v) is 8.27. The molecule has 1 amide bonds. The Balaban J connectivity index is 2.08. The number of nitrogens with one attached hydrogen (secondary N) is 1. The van der Waals surface area contributed by atoms with Crippen molar-refractivity contribution < 1.29 is 9.53 Å². The minimum absolute atomic E-state index is 0.0375. The zero-order chi connectivity index (χ0) is 10.3. The van der Waals surface area contributed by atoms with Gasteiger partial charge in [0, 0.05) is 17.8 Å². The average Bonchev–Trinajstić information content (AvgIpc) is 2.62. The van der Waals surface area contributed by atoms with E-state index >= 15 is 0 Å². The van der Waals surface area contributed by atoms with Gasteiger partial charge in [0.15, 0.2) is 0 Å². The quantitative estimate of drug-likeness (QED) is 0.684. The molecule has 2 aliphatic rings. The molecule has 1 N–H and O–H groups in total. The molecule has 0 aromatic heterocycles. The lowest BCUT2D eigenvalue weighted by atomic mass is 10.1. The van der Waals surface area contributed by atoms with E-state index in [-0.39, 0.29) is 12.1 Å². The average molecular weight is 204 g/mol. The fraction of sp³-hybridized carbons (Fsp3) is 0.364. The van der Waals surface area contributed by atoms with Crippen LogP contribution in [0.1, 0.15) is 11.8 Å². The summed E-state index contributed by atoms with van der Waals surface area (Å²) in [7, 11) is 0. The number of nitrogens with zero attached hydrogens (tertiary/aromatic N) is 1. The summed E-state index contributed by atoms with van der Waals surface area (Å²) in [4.78, 5) is 13.6. The van der Waals surface area contributed by atoms with E-state index in [4.69, 9.17) is 4.74 Å². The molecule has 15 heavy (non-hydrogen) atoms. The Morgan fingerprint density at radius 2 is 2.27 bits per heavy atom. The molecule has 1 aromatic rings. The lowest BCUT2D eigenvalue weighted by Gasteiger charge is -2.19. The van der Waals surface area contributed by atoms with Crippen molar-refractivity contribution in [2.24, 2.45) is 0 Å². The number of rotatable bonds is 0. The monoisotopic (exact) mass is 204 g/mol. The van der Waals surface area contributed by atoms with Crippen molar-refractivity contribution in [3.8, 4) is 0 Å². The summed E-state index contributed by atoms with van der Waals surface area (Å²) in [6.07, 6.45) is -0.0554. The summed E-state index contributed by atoms with van der Waals surface area (Å²) in [5.74, 6) is 0.0375. The van der Waals surface area contributed by atoms with Gasteiger partial charge >= 0.3 is 0 Å². The van der Waals surface area contributed by atoms with Gasteiger partial charge in [-0.15, -0.1) is 0 Å². The van der Waals surface area contributed by atoms with Crippen LogP contribution in [0, 0.1) is 0 Å². The van der Waals surface area contributed by atoms with Crippen molar-refractivity contribution in [2.75, 3.05) is 25.0 Å². The fourth-order valence-corrected chi connectivity index (χ4v) is 2.15. The first-order chi connectivity index (χ1) is 7.34. The molecule has 0 spiro atoms. The SMILES string of the molecule is O=C1CN2CCOC2c2ccccc2N1. The second-order valence-electron chi connectivity index (χ2n) is 3.83. The van der Waals surface area contributed by atoms with Gasteiger partial charge in [0.25, 0.3) is 0 Å². The predicted molar refractivity (Wildman–Crippen MR) is 55.3 cm³/mol. The van der Waals surface area contributed by atoms with E-state index in [1.807, 2.05) is 24.3 Å². The summed E-state index contributed by atoms with van der Waals surface area (Å²) in [6.45, 7) is 1.94. The highest BCUT2D eigenvalue weighted by atomic mass is 16.5. The van der Waals surface area contributed by atoms with Gasteiger partial charge in [0.2, 0.25) is 5.91 Å². The molecular weight excluding hydrogens is 192 g/mol. The second-order valence-corrected chi connectivity index (χ2v) is 3.83. The Morgan fingerprint density at radius 1 is 1.40 bits per heavy atom. The topological polar surface area (TPSA) is 41.6 Å². The van der Waals surface area contributed by atoms with Crippen molar-refractivity contribution in [1.82, 2.24) is 4.90 Å². The number of carbonyl (C=O) groups is 1. The van der Waals surface area contributed by atoms with Crippen LogP contribution in [0.3, 0.4) is 0 Å². The summed E-state index contributed by atoms with van der Waals surface area (Å²) >= 11 is 0. The molecule has 2 heterocycles. The standard InChI is InChI=1S/C11H12N2O2/c14-10-7-13-5-6-15-11(13)8-3-1-2-4-9(8)12-10/h1-4,11H,5-7H2,(H,12,14). The van der Waals surface area contributed by atoms with Crippen molar-refractivity contribution in [3.63, 3.8) is 0 Å². The Kier molecular flexibility index (Phi) is 1.97. The highest BCUT2D eigenvalue weighted by molar-refractivity contribution is 5.93. The highest BCUT2D eigenvalue weighted by Gasteiger charge is 2.32. The third kappa shape index (κ3) is 1.42. The molecular formula is C11H12N2O2. The number of fused-ring (bicyclic) bond motifs is 3. The highest BCUT2D eigenvalue weighted by Crippen LogP contribution is 2.33. The van der Waals surface area contributed by atoms with E-state index < -0.39 is 0 Å². The number of hydrogen-bond donors (Lipinski definition) is 1. The molecule has 4 nitrogen and oxygen atoms in total.